The molecule has 4 rings (SSSR count). The number of carbonyl (C=O) groups is 2. The lowest BCUT2D eigenvalue weighted by Crippen LogP contribution is -2.45. The van der Waals surface area contributed by atoms with E-state index >= 15 is 0 Å². The summed E-state index contributed by atoms with van der Waals surface area (Å²) in [5, 5.41) is 4.23. The molecule has 0 radical (unpaired) electrons. The number of hydrogen-bond donors (Lipinski definition) is 0. The molecule has 160 valence electrons. The van der Waals surface area contributed by atoms with Gasteiger partial charge >= 0.3 is 5.97 Å². The minimum absolute atomic E-state index is 0.189. The van der Waals surface area contributed by atoms with E-state index in [1.54, 1.807) is 41.3 Å². The van der Waals surface area contributed by atoms with E-state index in [2.05, 4.69) is 11.2 Å². The van der Waals surface area contributed by atoms with Gasteiger partial charge in [0.25, 0.3) is 5.91 Å². The van der Waals surface area contributed by atoms with E-state index < -0.39 is 5.97 Å². The zero-order valence-corrected chi connectivity index (χ0v) is 17.6. The van der Waals surface area contributed by atoms with Gasteiger partial charge in [-0.3, -0.25) is 9.69 Å². The van der Waals surface area contributed by atoms with Crippen LogP contribution in [0.4, 0.5) is 0 Å². The number of hydrogen-bond acceptors (Lipinski definition) is 4. The fraction of sp³-hybridized carbons (Fsp3) is 0.148. The van der Waals surface area contributed by atoms with E-state index in [0.29, 0.717) is 22.5 Å². The molecule has 3 aromatic carbocycles. The highest BCUT2D eigenvalue weighted by Gasteiger charge is 2.30. The highest BCUT2D eigenvalue weighted by Crippen LogP contribution is 2.22. The highest BCUT2D eigenvalue weighted by molar-refractivity contribution is 6.13. The number of nitrogens with zero attached hydrogens (tertiary/aromatic N) is 2. The summed E-state index contributed by atoms with van der Waals surface area (Å²) in [7, 11) is 0. The lowest BCUT2D eigenvalue weighted by atomic mass is 9.99. The average molecular weight is 425 g/mol. The van der Waals surface area contributed by atoms with Crippen LogP contribution < -0.4 is 0 Å². The average Bonchev–Trinajstić information content (AvgIpc) is 2.88. The van der Waals surface area contributed by atoms with Crippen LogP contribution in [0, 0.1) is 0 Å². The Bertz CT molecular complexity index is 1110. The summed E-state index contributed by atoms with van der Waals surface area (Å²) in [4.78, 5) is 33.2. The fourth-order valence-corrected chi connectivity index (χ4v) is 3.67. The Morgan fingerprint density at radius 2 is 1.34 bits per heavy atom. The predicted molar refractivity (Wildman–Crippen MR) is 124 cm³/mol. The van der Waals surface area contributed by atoms with Crippen molar-refractivity contribution in [3.05, 3.63) is 120 Å². The molecule has 1 amide bonds. The third-order valence-electron chi connectivity index (χ3n) is 5.28. The van der Waals surface area contributed by atoms with Crippen molar-refractivity contribution in [1.29, 1.82) is 0 Å². The van der Waals surface area contributed by atoms with Crippen LogP contribution in [-0.2, 0) is 4.84 Å². The molecule has 32 heavy (non-hydrogen) atoms. The van der Waals surface area contributed by atoms with Crippen LogP contribution in [0.2, 0.25) is 0 Å². The van der Waals surface area contributed by atoms with E-state index in [1.807, 2.05) is 60.7 Å². The van der Waals surface area contributed by atoms with Crippen LogP contribution >= 0.6 is 0 Å². The number of amides is 1. The maximum absolute atomic E-state index is 13.6. The Morgan fingerprint density at radius 1 is 0.781 bits per heavy atom. The van der Waals surface area contributed by atoms with Crippen LogP contribution in [0.5, 0.6) is 0 Å². The molecular weight excluding hydrogens is 400 g/mol. The molecule has 0 aliphatic heterocycles. The van der Waals surface area contributed by atoms with Gasteiger partial charge in [0.05, 0.1) is 11.6 Å². The van der Waals surface area contributed by atoms with Gasteiger partial charge in [0.2, 0.25) is 0 Å². The van der Waals surface area contributed by atoms with Gasteiger partial charge in [-0.05, 0) is 43.5 Å². The number of carbonyl (C=O) groups excluding carboxylic acids is 2. The van der Waals surface area contributed by atoms with Crippen molar-refractivity contribution in [1.82, 2.24) is 4.90 Å². The van der Waals surface area contributed by atoms with Gasteiger partial charge in [0, 0.05) is 11.1 Å². The lowest BCUT2D eigenvalue weighted by Gasteiger charge is -2.32. The van der Waals surface area contributed by atoms with Gasteiger partial charge in [-0.2, -0.15) is 0 Å². The smallest absolute Gasteiger partial charge is 0.311 e. The van der Waals surface area contributed by atoms with Crippen LogP contribution in [-0.4, -0.2) is 28.7 Å². The summed E-state index contributed by atoms with van der Waals surface area (Å²) in [6, 6.07) is 26.9. The largest absolute Gasteiger partial charge is 0.365 e. The number of rotatable bonds is 5. The molecule has 0 spiro atoms. The van der Waals surface area contributed by atoms with Crippen LogP contribution in [0.3, 0.4) is 0 Å². The number of amidine groups is 1. The molecule has 1 aliphatic rings. The SMILES string of the molecule is O=C(O/N=C(\c1ccccc1)N(C(=O)c1ccccc1)C1C=CCCC1)c1ccccc1. The Balaban J connectivity index is 1.76. The van der Waals surface area contributed by atoms with Crippen LogP contribution in [0.1, 0.15) is 45.5 Å². The van der Waals surface area contributed by atoms with Crippen molar-refractivity contribution >= 4 is 17.7 Å². The minimum atomic E-state index is -0.578. The van der Waals surface area contributed by atoms with Gasteiger partial charge < -0.3 is 4.84 Å². The first kappa shape index (κ1) is 21.2. The third kappa shape index (κ3) is 5.01. The van der Waals surface area contributed by atoms with E-state index in [4.69, 9.17) is 4.84 Å². The van der Waals surface area contributed by atoms with Crippen molar-refractivity contribution in [2.45, 2.75) is 25.3 Å². The highest BCUT2D eigenvalue weighted by atomic mass is 16.7. The third-order valence-corrected chi connectivity index (χ3v) is 5.28. The van der Waals surface area contributed by atoms with Crippen molar-refractivity contribution in [3.8, 4) is 0 Å². The maximum Gasteiger partial charge on any atom is 0.365 e. The van der Waals surface area contributed by atoms with E-state index in [-0.39, 0.29) is 11.9 Å². The summed E-state index contributed by atoms with van der Waals surface area (Å²) >= 11 is 0. The van der Waals surface area contributed by atoms with Crippen molar-refractivity contribution in [3.63, 3.8) is 0 Å². The van der Waals surface area contributed by atoms with Gasteiger partial charge in [-0.25, -0.2) is 4.79 Å². The van der Waals surface area contributed by atoms with Crippen molar-refractivity contribution in [2.24, 2.45) is 5.16 Å². The Hall–Kier alpha value is -3.99. The Morgan fingerprint density at radius 3 is 1.91 bits per heavy atom. The standard InChI is InChI=1S/C27H24N2O3/c30-26(22-15-7-2-8-16-22)29(24-19-11-4-12-20-24)25(21-13-5-1-6-14-21)28-32-27(31)23-17-9-3-10-18-23/h1-3,5-11,13-19,24H,4,12,20H2/b28-25+. The maximum atomic E-state index is 13.6. The van der Waals surface area contributed by atoms with Crippen LogP contribution in [0.15, 0.2) is 108 Å². The summed E-state index contributed by atoms with van der Waals surface area (Å²) in [6.45, 7) is 0. The second-order valence-corrected chi connectivity index (χ2v) is 7.49. The summed E-state index contributed by atoms with van der Waals surface area (Å²) in [6.07, 6.45) is 6.85. The Kier molecular flexibility index (Phi) is 6.88. The topological polar surface area (TPSA) is 59.0 Å². The van der Waals surface area contributed by atoms with Crippen molar-refractivity contribution < 1.29 is 14.4 Å². The molecule has 0 bridgehead atoms. The zero-order valence-electron chi connectivity index (χ0n) is 17.6. The second kappa shape index (κ2) is 10.4. The molecule has 5 nitrogen and oxygen atoms in total. The number of benzene rings is 3. The van der Waals surface area contributed by atoms with E-state index in [0.717, 1.165) is 19.3 Å². The van der Waals surface area contributed by atoms with Gasteiger partial charge in [0.15, 0.2) is 5.84 Å². The molecule has 3 aromatic rings. The van der Waals surface area contributed by atoms with Gasteiger partial charge in [-0.15, -0.1) is 0 Å². The number of allylic oxidation sites excluding steroid dienone is 1. The summed E-state index contributed by atoms with van der Waals surface area (Å²) < 4.78 is 0. The molecule has 1 atom stereocenters. The first-order valence-electron chi connectivity index (χ1n) is 10.7. The molecule has 0 heterocycles. The lowest BCUT2D eigenvalue weighted by molar-refractivity contribution is 0.0503. The molecule has 0 saturated carbocycles. The molecular formula is C27H24N2O3. The quantitative estimate of drug-likeness (QED) is 0.180. The predicted octanol–water partition coefficient (Wildman–Crippen LogP) is 5.46. The molecule has 0 saturated heterocycles. The molecule has 0 N–H and O–H groups in total. The molecule has 1 aliphatic carbocycles. The molecule has 0 aromatic heterocycles. The van der Waals surface area contributed by atoms with E-state index in [1.165, 1.54) is 0 Å². The minimum Gasteiger partial charge on any atom is -0.311 e. The van der Waals surface area contributed by atoms with Gasteiger partial charge in [-0.1, -0.05) is 84.0 Å². The summed E-state index contributed by atoms with van der Waals surface area (Å²) in [5.74, 6) is -0.467. The monoisotopic (exact) mass is 424 g/mol. The first-order valence-corrected chi connectivity index (χ1v) is 10.7. The Labute approximate surface area is 187 Å². The molecule has 5 heteroatoms. The van der Waals surface area contributed by atoms with Crippen LogP contribution in [0.25, 0.3) is 0 Å². The number of oxime groups is 1. The normalized spacial score (nSPS) is 15.8. The van der Waals surface area contributed by atoms with E-state index in [9.17, 15) is 9.59 Å². The van der Waals surface area contributed by atoms with Gasteiger partial charge in [0.1, 0.15) is 0 Å². The first-order chi connectivity index (χ1) is 15.7. The summed E-state index contributed by atoms with van der Waals surface area (Å²) in [5.41, 5.74) is 1.63. The fourth-order valence-electron chi connectivity index (χ4n) is 3.67. The molecule has 0 fully saturated rings. The molecule has 1 unspecified atom stereocenters. The second-order valence-electron chi connectivity index (χ2n) is 7.49. The van der Waals surface area contributed by atoms with Crippen molar-refractivity contribution in [2.75, 3.05) is 0 Å². The zero-order chi connectivity index (χ0) is 22.2.